The van der Waals surface area contributed by atoms with E-state index < -0.39 is 0 Å². The van der Waals surface area contributed by atoms with E-state index in [1.165, 1.54) is 0 Å². The molecule has 5 rings (SSSR count). The minimum Gasteiger partial charge on any atom is -0.288 e. The predicted octanol–water partition coefficient (Wildman–Crippen LogP) is 6.64. The van der Waals surface area contributed by atoms with Crippen LogP contribution in [0.25, 0.3) is 22.6 Å². The number of hydrogen-bond acceptors (Lipinski definition) is 5. The van der Waals surface area contributed by atoms with Gasteiger partial charge < -0.3 is 0 Å². The van der Waals surface area contributed by atoms with E-state index in [0.29, 0.717) is 49.8 Å². The molecular formula is C26H16Cl3N5O. The molecule has 0 aliphatic carbocycles. The van der Waals surface area contributed by atoms with Crippen LogP contribution in [-0.2, 0) is 6.54 Å². The molecule has 0 aliphatic rings. The van der Waals surface area contributed by atoms with Gasteiger partial charge in [-0.1, -0.05) is 52.1 Å². The quantitative estimate of drug-likeness (QED) is 0.235. The third-order valence-corrected chi connectivity index (χ3v) is 6.10. The third-order valence-electron chi connectivity index (χ3n) is 5.34. The molecule has 35 heavy (non-hydrogen) atoms. The summed E-state index contributed by atoms with van der Waals surface area (Å²) in [6, 6.07) is 19.3. The fourth-order valence-electron chi connectivity index (χ4n) is 3.82. The van der Waals surface area contributed by atoms with E-state index >= 15 is 0 Å². The number of aromatic nitrogens is 5. The second-order valence-electron chi connectivity index (χ2n) is 7.67. The molecule has 0 atom stereocenters. The predicted molar refractivity (Wildman–Crippen MR) is 137 cm³/mol. The molecule has 0 saturated carbocycles. The van der Waals surface area contributed by atoms with Crippen LogP contribution in [0.2, 0.25) is 15.1 Å². The summed E-state index contributed by atoms with van der Waals surface area (Å²) in [5, 5.41) is 10.3. The van der Waals surface area contributed by atoms with Gasteiger partial charge in [0.15, 0.2) is 5.78 Å². The molecular weight excluding hydrogens is 505 g/mol. The van der Waals surface area contributed by atoms with Crippen LogP contribution in [0.3, 0.4) is 0 Å². The zero-order valence-electron chi connectivity index (χ0n) is 18.1. The average Bonchev–Trinajstić information content (AvgIpc) is 3.27. The van der Waals surface area contributed by atoms with E-state index in [0.717, 1.165) is 11.1 Å². The van der Waals surface area contributed by atoms with Crippen molar-refractivity contribution in [2.24, 2.45) is 0 Å². The van der Waals surface area contributed by atoms with Crippen molar-refractivity contribution in [1.29, 1.82) is 0 Å². The summed E-state index contributed by atoms with van der Waals surface area (Å²) < 4.78 is 1.73. The Hall–Kier alpha value is -3.58. The van der Waals surface area contributed by atoms with Crippen molar-refractivity contribution in [3.8, 4) is 22.6 Å². The molecule has 6 nitrogen and oxygen atoms in total. The van der Waals surface area contributed by atoms with Crippen molar-refractivity contribution < 1.29 is 4.79 Å². The standard InChI is InChI=1S/C26H16Cl3N5O/c27-18-12-16(13-19(28)14-18)15-34-25(17-7-10-30-11-8-17)24(32-33-34)23-21(5-3-9-31-23)26(35)20-4-1-2-6-22(20)29/h1-14H,15H2. The Balaban J connectivity index is 1.67. The molecule has 3 heterocycles. The van der Waals surface area contributed by atoms with Gasteiger partial charge in [-0.05, 0) is 60.2 Å². The number of hydrogen-bond donors (Lipinski definition) is 0. The largest absolute Gasteiger partial charge is 0.288 e. The molecule has 0 fully saturated rings. The lowest BCUT2D eigenvalue weighted by atomic mass is 9.98. The van der Waals surface area contributed by atoms with Gasteiger partial charge in [0.25, 0.3) is 0 Å². The number of benzene rings is 2. The molecule has 3 aromatic heterocycles. The van der Waals surface area contributed by atoms with Gasteiger partial charge in [-0.15, -0.1) is 5.10 Å². The Morgan fingerprint density at radius 2 is 1.51 bits per heavy atom. The first-order valence-electron chi connectivity index (χ1n) is 10.5. The first kappa shape index (κ1) is 23.2. The third kappa shape index (κ3) is 4.82. The van der Waals surface area contributed by atoms with Crippen LogP contribution in [-0.4, -0.2) is 30.7 Å². The number of pyridine rings is 2. The van der Waals surface area contributed by atoms with Gasteiger partial charge in [0.05, 0.1) is 22.8 Å². The number of ketones is 1. The SMILES string of the molecule is O=C(c1ccccc1Cl)c1cccnc1-c1nnn(Cc2cc(Cl)cc(Cl)c2)c1-c1ccncc1. The maximum absolute atomic E-state index is 13.5. The minimum absolute atomic E-state index is 0.254. The highest BCUT2D eigenvalue weighted by atomic mass is 35.5. The molecule has 0 saturated heterocycles. The second kappa shape index (κ2) is 9.96. The number of halogens is 3. The molecule has 0 spiro atoms. The van der Waals surface area contributed by atoms with Crippen LogP contribution in [0, 0.1) is 0 Å². The van der Waals surface area contributed by atoms with Crippen molar-refractivity contribution in [3.05, 3.63) is 117 Å². The van der Waals surface area contributed by atoms with Gasteiger partial charge in [0.2, 0.25) is 0 Å². The average molecular weight is 521 g/mol. The lowest BCUT2D eigenvalue weighted by molar-refractivity contribution is 0.103. The zero-order chi connectivity index (χ0) is 24.4. The van der Waals surface area contributed by atoms with Crippen LogP contribution >= 0.6 is 34.8 Å². The smallest absolute Gasteiger partial charge is 0.196 e. The number of carbonyl (C=O) groups excluding carboxylic acids is 1. The molecule has 0 radical (unpaired) electrons. The van der Waals surface area contributed by atoms with Gasteiger partial charge in [0, 0.05) is 39.8 Å². The second-order valence-corrected chi connectivity index (χ2v) is 8.95. The number of rotatable bonds is 6. The summed E-state index contributed by atoms with van der Waals surface area (Å²) in [5.41, 5.74) is 3.96. The van der Waals surface area contributed by atoms with Crippen LogP contribution in [0.15, 0.2) is 85.3 Å². The molecule has 2 aromatic carbocycles. The van der Waals surface area contributed by atoms with E-state index in [-0.39, 0.29) is 5.78 Å². The highest BCUT2D eigenvalue weighted by Crippen LogP contribution is 2.33. The maximum Gasteiger partial charge on any atom is 0.196 e. The Morgan fingerprint density at radius 1 is 0.800 bits per heavy atom. The fraction of sp³-hybridized carbons (Fsp3) is 0.0385. The lowest BCUT2D eigenvalue weighted by Gasteiger charge is -2.11. The summed E-state index contributed by atoms with van der Waals surface area (Å²) in [7, 11) is 0. The molecule has 0 aliphatic heterocycles. The summed E-state index contributed by atoms with van der Waals surface area (Å²) in [6.45, 7) is 0.353. The fourth-order valence-corrected chi connectivity index (χ4v) is 4.61. The normalized spacial score (nSPS) is 10.9. The molecule has 9 heteroatoms. The van der Waals surface area contributed by atoms with Gasteiger partial charge in [-0.25, -0.2) is 4.68 Å². The molecule has 0 N–H and O–H groups in total. The van der Waals surface area contributed by atoms with Gasteiger partial charge in [-0.2, -0.15) is 0 Å². The summed E-state index contributed by atoms with van der Waals surface area (Å²) in [4.78, 5) is 22.1. The Labute approximate surface area is 216 Å². The van der Waals surface area contributed by atoms with Crippen molar-refractivity contribution in [2.75, 3.05) is 0 Å². The monoisotopic (exact) mass is 519 g/mol. The zero-order valence-corrected chi connectivity index (χ0v) is 20.3. The number of carbonyl (C=O) groups is 1. The Kier molecular flexibility index (Phi) is 6.59. The minimum atomic E-state index is -0.254. The van der Waals surface area contributed by atoms with E-state index in [2.05, 4.69) is 20.3 Å². The highest BCUT2D eigenvalue weighted by Gasteiger charge is 2.24. The van der Waals surface area contributed by atoms with Crippen molar-refractivity contribution in [2.45, 2.75) is 6.54 Å². The summed E-state index contributed by atoms with van der Waals surface area (Å²) in [5.74, 6) is -0.254. The van der Waals surface area contributed by atoms with E-state index in [4.69, 9.17) is 34.8 Å². The molecule has 0 unspecified atom stereocenters. The van der Waals surface area contributed by atoms with E-state index in [1.54, 1.807) is 65.7 Å². The topological polar surface area (TPSA) is 73.6 Å². The van der Waals surface area contributed by atoms with E-state index in [9.17, 15) is 4.79 Å². The first-order valence-corrected chi connectivity index (χ1v) is 11.7. The van der Waals surface area contributed by atoms with Crippen LogP contribution < -0.4 is 0 Å². The van der Waals surface area contributed by atoms with Crippen molar-refractivity contribution in [1.82, 2.24) is 25.0 Å². The summed E-state index contributed by atoms with van der Waals surface area (Å²) in [6.07, 6.45) is 4.98. The number of nitrogens with zero attached hydrogens (tertiary/aromatic N) is 5. The first-order chi connectivity index (χ1) is 17.0. The van der Waals surface area contributed by atoms with Crippen LogP contribution in [0.1, 0.15) is 21.5 Å². The highest BCUT2D eigenvalue weighted by molar-refractivity contribution is 6.35. The van der Waals surface area contributed by atoms with Crippen molar-refractivity contribution in [3.63, 3.8) is 0 Å². The Bertz CT molecular complexity index is 1520. The van der Waals surface area contributed by atoms with Gasteiger partial charge in [-0.3, -0.25) is 14.8 Å². The van der Waals surface area contributed by atoms with Gasteiger partial charge in [0.1, 0.15) is 11.4 Å². The maximum atomic E-state index is 13.5. The summed E-state index contributed by atoms with van der Waals surface area (Å²) >= 11 is 18.7. The molecule has 172 valence electrons. The van der Waals surface area contributed by atoms with Gasteiger partial charge >= 0.3 is 0 Å². The molecule has 5 aromatic rings. The van der Waals surface area contributed by atoms with E-state index in [1.807, 2.05) is 24.3 Å². The Morgan fingerprint density at radius 3 is 2.26 bits per heavy atom. The molecule has 0 amide bonds. The lowest BCUT2D eigenvalue weighted by Crippen LogP contribution is -2.07. The van der Waals surface area contributed by atoms with Crippen LogP contribution in [0.4, 0.5) is 0 Å². The molecule has 0 bridgehead atoms. The van der Waals surface area contributed by atoms with Crippen molar-refractivity contribution >= 4 is 40.6 Å². The van der Waals surface area contributed by atoms with Crippen LogP contribution in [0.5, 0.6) is 0 Å².